The Labute approximate surface area is 146 Å². The van der Waals surface area contributed by atoms with E-state index in [4.69, 9.17) is 0 Å². The van der Waals surface area contributed by atoms with Crippen molar-refractivity contribution in [2.24, 2.45) is 10.8 Å². The first kappa shape index (κ1) is 19.0. The molecule has 1 aromatic rings. The fourth-order valence-electron chi connectivity index (χ4n) is 3.72. The van der Waals surface area contributed by atoms with Gasteiger partial charge >= 0.3 is 0 Å². The second-order valence-electron chi connectivity index (χ2n) is 8.02. The van der Waals surface area contributed by atoms with E-state index in [2.05, 4.69) is 31.7 Å². The van der Waals surface area contributed by atoms with Crippen LogP contribution in [-0.2, 0) is 16.4 Å². The number of nitrogens with zero attached hydrogens (tertiary/aromatic N) is 2. The van der Waals surface area contributed by atoms with Crippen molar-refractivity contribution in [3.8, 4) is 6.07 Å². The van der Waals surface area contributed by atoms with E-state index in [-0.39, 0.29) is 10.8 Å². The van der Waals surface area contributed by atoms with Crippen molar-refractivity contribution in [3.05, 3.63) is 29.8 Å². The lowest BCUT2D eigenvalue weighted by atomic mass is 9.60. The maximum Gasteiger partial charge on any atom is 0.175 e. The van der Waals surface area contributed by atoms with Crippen LogP contribution >= 0.6 is 0 Å². The van der Waals surface area contributed by atoms with Crippen LogP contribution in [0.4, 0.5) is 0 Å². The second-order valence-corrected chi connectivity index (χ2v) is 10.0. The molecule has 0 N–H and O–H groups in total. The molecular formula is C19H28N2O2S. The summed E-state index contributed by atoms with van der Waals surface area (Å²) in [6.07, 6.45) is 3.81. The van der Waals surface area contributed by atoms with E-state index in [0.717, 1.165) is 31.5 Å². The number of benzene rings is 1. The van der Waals surface area contributed by atoms with E-state index in [0.29, 0.717) is 17.9 Å². The second kappa shape index (κ2) is 6.85. The van der Waals surface area contributed by atoms with E-state index in [1.54, 1.807) is 12.1 Å². The minimum Gasteiger partial charge on any atom is -0.299 e. The standard InChI is InChI=1S/C19H28N2O2S/c1-18(2,3)19(9-12-20)10-13-21(14-11-19)15-16-7-5-6-8-17(16)24(4,22)23/h5-8H,9-11,13-15H2,1-4H3. The van der Waals surface area contributed by atoms with Crippen molar-refractivity contribution >= 4 is 9.84 Å². The first-order valence-electron chi connectivity index (χ1n) is 8.46. The number of nitriles is 1. The van der Waals surface area contributed by atoms with Crippen LogP contribution in [0.25, 0.3) is 0 Å². The molecule has 1 fully saturated rings. The molecule has 0 radical (unpaired) electrons. The Bertz CT molecular complexity index is 718. The largest absolute Gasteiger partial charge is 0.299 e. The molecular weight excluding hydrogens is 320 g/mol. The summed E-state index contributed by atoms with van der Waals surface area (Å²) < 4.78 is 23.9. The molecule has 0 bridgehead atoms. The number of sulfone groups is 1. The third-order valence-corrected chi connectivity index (χ3v) is 6.78. The zero-order valence-electron chi connectivity index (χ0n) is 15.2. The van der Waals surface area contributed by atoms with Crippen LogP contribution < -0.4 is 0 Å². The predicted octanol–water partition coefficient (Wildman–Crippen LogP) is 3.63. The van der Waals surface area contributed by atoms with E-state index in [1.165, 1.54) is 6.26 Å². The van der Waals surface area contributed by atoms with Crippen molar-refractivity contribution < 1.29 is 8.42 Å². The van der Waals surface area contributed by atoms with Gasteiger partial charge in [-0.25, -0.2) is 8.42 Å². The van der Waals surface area contributed by atoms with Crippen molar-refractivity contribution in [1.29, 1.82) is 5.26 Å². The quantitative estimate of drug-likeness (QED) is 0.833. The number of likely N-dealkylation sites (tertiary alicyclic amines) is 1. The molecule has 5 heteroatoms. The lowest BCUT2D eigenvalue weighted by Gasteiger charge is -2.49. The average molecular weight is 349 g/mol. The van der Waals surface area contributed by atoms with E-state index in [9.17, 15) is 13.7 Å². The molecule has 1 aliphatic heterocycles. The maximum absolute atomic E-state index is 12.0. The molecule has 0 atom stereocenters. The Morgan fingerprint density at radius 3 is 2.29 bits per heavy atom. The highest BCUT2D eigenvalue weighted by Gasteiger charge is 2.43. The van der Waals surface area contributed by atoms with Crippen LogP contribution in [0, 0.1) is 22.2 Å². The van der Waals surface area contributed by atoms with E-state index >= 15 is 0 Å². The molecule has 0 aromatic heterocycles. The molecule has 2 rings (SSSR count). The lowest BCUT2D eigenvalue weighted by molar-refractivity contribution is 0.00690. The van der Waals surface area contributed by atoms with Crippen molar-refractivity contribution in [2.75, 3.05) is 19.3 Å². The lowest BCUT2D eigenvalue weighted by Crippen LogP contribution is -2.46. The van der Waals surface area contributed by atoms with Crippen molar-refractivity contribution in [1.82, 2.24) is 4.90 Å². The molecule has 132 valence electrons. The molecule has 0 spiro atoms. The van der Waals surface area contributed by atoms with Crippen molar-refractivity contribution in [2.45, 2.75) is 51.5 Å². The van der Waals surface area contributed by atoms with Crippen LogP contribution in [0.3, 0.4) is 0 Å². The summed E-state index contributed by atoms with van der Waals surface area (Å²) in [5, 5.41) is 9.24. The zero-order valence-corrected chi connectivity index (χ0v) is 16.0. The first-order chi connectivity index (χ1) is 11.1. The predicted molar refractivity (Wildman–Crippen MR) is 96.2 cm³/mol. The summed E-state index contributed by atoms with van der Waals surface area (Å²) in [6.45, 7) is 9.11. The van der Waals surface area contributed by atoms with Gasteiger partial charge in [0.05, 0.1) is 11.0 Å². The molecule has 0 amide bonds. The Morgan fingerprint density at radius 2 is 1.79 bits per heavy atom. The van der Waals surface area contributed by atoms with Gasteiger partial charge in [0.2, 0.25) is 0 Å². The van der Waals surface area contributed by atoms with Crippen LogP contribution in [0.5, 0.6) is 0 Å². The van der Waals surface area contributed by atoms with Gasteiger partial charge in [-0.05, 0) is 48.4 Å². The summed E-state index contributed by atoms with van der Waals surface area (Å²) in [5.41, 5.74) is 1.01. The number of rotatable bonds is 4. The molecule has 0 aliphatic carbocycles. The Morgan fingerprint density at radius 1 is 1.21 bits per heavy atom. The summed E-state index contributed by atoms with van der Waals surface area (Å²) in [6, 6.07) is 9.63. The normalized spacial score (nSPS) is 19.0. The highest BCUT2D eigenvalue weighted by Crippen LogP contribution is 2.49. The summed E-state index contributed by atoms with van der Waals surface area (Å²) >= 11 is 0. The fourth-order valence-corrected chi connectivity index (χ4v) is 4.65. The molecule has 1 aliphatic rings. The summed E-state index contributed by atoms with van der Waals surface area (Å²) in [7, 11) is -3.21. The topological polar surface area (TPSA) is 61.2 Å². The van der Waals surface area contributed by atoms with E-state index in [1.807, 2.05) is 12.1 Å². The van der Waals surface area contributed by atoms with Gasteiger partial charge in [0.15, 0.2) is 9.84 Å². The van der Waals surface area contributed by atoms with Gasteiger partial charge < -0.3 is 0 Å². The Balaban J connectivity index is 2.13. The smallest absolute Gasteiger partial charge is 0.175 e. The molecule has 1 aromatic carbocycles. The van der Waals surface area contributed by atoms with Gasteiger partial charge in [0, 0.05) is 19.2 Å². The van der Waals surface area contributed by atoms with Gasteiger partial charge in [0.1, 0.15) is 0 Å². The third-order valence-electron chi connectivity index (χ3n) is 5.59. The molecule has 4 nitrogen and oxygen atoms in total. The molecule has 1 saturated heterocycles. The SMILES string of the molecule is CC(C)(C)C1(CC#N)CCN(Cc2ccccc2S(C)(=O)=O)CC1. The molecule has 0 saturated carbocycles. The number of hydrogen-bond acceptors (Lipinski definition) is 4. The summed E-state index contributed by atoms with van der Waals surface area (Å²) in [4.78, 5) is 2.74. The van der Waals surface area contributed by atoms with Gasteiger partial charge in [-0.2, -0.15) is 5.26 Å². The van der Waals surface area contributed by atoms with Crippen molar-refractivity contribution in [3.63, 3.8) is 0 Å². The van der Waals surface area contributed by atoms with Crippen LogP contribution in [0.1, 0.15) is 45.6 Å². The highest BCUT2D eigenvalue weighted by atomic mass is 32.2. The van der Waals surface area contributed by atoms with E-state index < -0.39 is 9.84 Å². The van der Waals surface area contributed by atoms with Gasteiger partial charge in [-0.3, -0.25) is 4.90 Å². The van der Waals surface area contributed by atoms with Gasteiger partial charge in [-0.1, -0.05) is 39.0 Å². The molecule has 24 heavy (non-hydrogen) atoms. The molecule has 0 unspecified atom stereocenters. The minimum absolute atomic E-state index is 0.0502. The zero-order chi connectivity index (χ0) is 18.0. The summed E-state index contributed by atoms with van der Waals surface area (Å²) in [5.74, 6) is 0. The average Bonchev–Trinajstić information content (AvgIpc) is 2.48. The maximum atomic E-state index is 12.0. The number of hydrogen-bond donors (Lipinski definition) is 0. The van der Waals surface area contributed by atoms with Gasteiger partial charge in [0.25, 0.3) is 0 Å². The molecule has 1 heterocycles. The van der Waals surface area contributed by atoms with Crippen LogP contribution in [0.15, 0.2) is 29.2 Å². The third kappa shape index (κ3) is 3.99. The fraction of sp³-hybridized carbons (Fsp3) is 0.632. The minimum atomic E-state index is -3.21. The first-order valence-corrected chi connectivity index (χ1v) is 10.4. The van der Waals surface area contributed by atoms with Gasteiger partial charge in [-0.15, -0.1) is 0 Å². The monoisotopic (exact) mass is 348 g/mol. The van der Waals surface area contributed by atoms with Crippen LogP contribution in [0.2, 0.25) is 0 Å². The Hall–Kier alpha value is -1.38. The Kier molecular flexibility index (Phi) is 5.41. The number of piperidine rings is 1. The van der Waals surface area contributed by atoms with Crippen LogP contribution in [-0.4, -0.2) is 32.7 Å². The highest BCUT2D eigenvalue weighted by molar-refractivity contribution is 7.90.